The molecule has 1 aliphatic carbocycles. The normalized spacial score (nSPS) is 35.3. The Hall–Kier alpha value is -0.600. The average molecular weight is 238 g/mol. The predicted octanol–water partition coefficient (Wildman–Crippen LogP) is 3.03. The van der Waals surface area contributed by atoms with E-state index in [9.17, 15) is 5.11 Å². The largest absolute Gasteiger partial charge is 0.392 e. The molecule has 5 atom stereocenters. The summed E-state index contributed by atoms with van der Waals surface area (Å²) in [7, 11) is 1.76. The SMILES string of the molecule is C=CC(C)[C@@H]1CCC(C(=C)CO)[C@@H](OC)[C@@H]1C. The second-order valence-electron chi connectivity index (χ2n) is 5.32. The molecule has 0 heterocycles. The molecule has 1 N–H and O–H groups in total. The zero-order valence-corrected chi connectivity index (χ0v) is 11.4. The fourth-order valence-electron chi connectivity index (χ4n) is 3.26. The summed E-state index contributed by atoms with van der Waals surface area (Å²) in [5.41, 5.74) is 0.911. The molecule has 2 nitrogen and oxygen atoms in total. The summed E-state index contributed by atoms with van der Waals surface area (Å²) in [5.74, 6) is 1.93. The average Bonchev–Trinajstić information content (AvgIpc) is 2.36. The molecular weight excluding hydrogens is 212 g/mol. The standard InChI is InChI=1S/C15H26O2/c1-6-10(2)13-7-8-14(11(3)9-16)15(17-5)12(13)4/h6,10,12-16H,1,3,7-9H2,2,4-5H3/t10?,12-,13+,14?,15+/m1/s1. The predicted molar refractivity (Wildman–Crippen MR) is 71.8 cm³/mol. The third-order valence-corrected chi connectivity index (χ3v) is 4.45. The van der Waals surface area contributed by atoms with Crippen molar-refractivity contribution in [3.63, 3.8) is 0 Å². The van der Waals surface area contributed by atoms with Crippen molar-refractivity contribution in [2.75, 3.05) is 13.7 Å². The van der Waals surface area contributed by atoms with Crippen LogP contribution in [0.15, 0.2) is 24.8 Å². The molecular formula is C15H26O2. The fraction of sp³-hybridized carbons (Fsp3) is 0.733. The lowest BCUT2D eigenvalue weighted by Crippen LogP contribution is -2.41. The molecule has 0 amide bonds. The molecule has 0 aromatic rings. The highest BCUT2D eigenvalue weighted by atomic mass is 16.5. The smallest absolute Gasteiger partial charge is 0.0665 e. The number of aliphatic hydroxyl groups excluding tert-OH is 1. The van der Waals surface area contributed by atoms with Gasteiger partial charge in [-0.2, -0.15) is 0 Å². The number of hydrogen-bond donors (Lipinski definition) is 1. The summed E-state index contributed by atoms with van der Waals surface area (Å²) in [6.45, 7) is 12.4. The van der Waals surface area contributed by atoms with Crippen LogP contribution in [0.25, 0.3) is 0 Å². The molecule has 2 unspecified atom stereocenters. The number of allylic oxidation sites excluding steroid dienone is 1. The van der Waals surface area contributed by atoms with Gasteiger partial charge in [0.1, 0.15) is 0 Å². The molecule has 2 heteroatoms. The number of methoxy groups -OCH3 is 1. The van der Waals surface area contributed by atoms with Crippen molar-refractivity contribution in [1.29, 1.82) is 0 Å². The quantitative estimate of drug-likeness (QED) is 0.746. The Labute approximate surface area is 105 Å². The lowest BCUT2D eigenvalue weighted by Gasteiger charge is -2.43. The first-order chi connectivity index (χ1) is 8.06. The molecule has 1 fully saturated rings. The van der Waals surface area contributed by atoms with E-state index in [4.69, 9.17) is 4.74 Å². The Bertz CT molecular complexity index is 272. The first-order valence-electron chi connectivity index (χ1n) is 6.50. The molecule has 1 aliphatic rings. The van der Waals surface area contributed by atoms with Crippen molar-refractivity contribution in [1.82, 2.24) is 0 Å². The molecule has 98 valence electrons. The van der Waals surface area contributed by atoms with Gasteiger partial charge in [-0.25, -0.2) is 0 Å². The zero-order chi connectivity index (χ0) is 13.0. The first-order valence-corrected chi connectivity index (χ1v) is 6.50. The van der Waals surface area contributed by atoms with Gasteiger partial charge in [-0.3, -0.25) is 0 Å². The van der Waals surface area contributed by atoms with E-state index in [0.29, 0.717) is 23.7 Å². The highest BCUT2D eigenvalue weighted by Crippen LogP contribution is 2.42. The van der Waals surface area contributed by atoms with Gasteiger partial charge in [0.25, 0.3) is 0 Å². The Morgan fingerprint density at radius 2 is 2.18 bits per heavy atom. The van der Waals surface area contributed by atoms with E-state index in [0.717, 1.165) is 18.4 Å². The van der Waals surface area contributed by atoms with Crippen molar-refractivity contribution in [3.8, 4) is 0 Å². The van der Waals surface area contributed by atoms with Crippen LogP contribution in [0.2, 0.25) is 0 Å². The molecule has 17 heavy (non-hydrogen) atoms. The van der Waals surface area contributed by atoms with Crippen LogP contribution >= 0.6 is 0 Å². The Kier molecular flexibility index (Phi) is 5.41. The van der Waals surface area contributed by atoms with Gasteiger partial charge in [0, 0.05) is 13.0 Å². The molecule has 0 aliphatic heterocycles. The summed E-state index contributed by atoms with van der Waals surface area (Å²) in [5, 5.41) is 9.24. The van der Waals surface area contributed by atoms with Crippen molar-refractivity contribution in [3.05, 3.63) is 24.8 Å². The van der Waals surface area contributed by atoms with Gasteiger partial charge in [0.2, 0.25) is 0 Å². The van der Waals surface area contributed by atoms with Crippen molar-refractivity contribution < 1.29 is 9.84 Å². The van der Waals surface area contributed by atoms with Gasteiger partial charge in [-0.1, -0.05) is 26.5 Å². The van der Waals surface area contributed by atoms with Crippen LogP contribution in [-0.4, -0.2) is 24.9 Å². The lowest BCUT2D eigenvalue weighted by molar-refractivity contribution is -0.0367. The van der Waals surface area contributed by atoms with Gasteiger partial charge in [0.15, 0.2) is 0 Å². The van der Waals surface area contributed by atoms with Crippen LogP contribution in [0.4, 0.5) is 0 Å². The minimum Gasteiger partial charge on any atom is -0.392 e. The number of rotatable bonds is 5. The van der Waals surface area contributed by atoms with Crippen LogP contribution in [0, 0.1) is 23.7 Å². The molecule has 0 radical (unpaired) electrons. The van der Waals surface area contributed by atoms with E-state index in [-0.39, 0.29) is 12.7 Å². The summed E-state index contributed by atoms with van der Waals surface area (Å²) in [4.78, 5) is 0. The monoisotopic (exact) mass is 238 g/mol. The Morgan fingerprint density at radius 1 is 1.53 bits per heavy atom. The van der Waals surface area contributed by atoms with Crippen LogP contribution in [-0.2, 0) is 4.74 Å². The maximum Gasteiger partial charge on any atom is 0.0665 e. The summed E-state index contributed by atoms with van der Waals surface area (Å²) in [6.07, 6.45) is 4.44. The van der Waals surface area contributed by atoms with Gasteiger partial charge < -0.3 is 9.84 Å². The third-order valence-electron chi connectivity index (χ3n) is 4.45. The van der Waals surface area contributed by atoms with Crippen LogP contribution in [0.1, 0.15) is 26.7 Å². The van der Waals surface area contributed by atoms with Crippen molar-refractivity contribution in [2.45, 2.75) is 32.8 Å². The van der Waals surface area contributed by atoms with Gasteiger partial charge in [-0.05, 0) is 36.2 Å². The summed E-state index contributed by atoms with van der Waals surface area (Å²) in [6, 6.07) is 0. The van der Waals surface area contributed by atoms with Crippen molar-refractivity contribution >= 4 is 0 Å². The van der Waals surface area contributed by atoms with Crippen LogP contribution < -0.4 is 0 Å². The first kappa shape index (κ1) is 14.5. The number of hydrogen-bond acceptors (Lipinski definition) is 2. The minimum absolute atomic E-state index is 0.0684. The van der Waals surface area contributed by atoms with Gasteiger partial charge >= 0.3 is 0 Å². The number of ether oxygens (including phenoxy) is 1. The van der Waals surface area contributed by atoms with Crippen LogP contribution in [0.5, 0.6) is 0 Å². The van der Waals surface area contributed by atoms with E-state index in [1.807, 2.05) is 6.08 Å². The lowest BCUT2D eigenvalue weighted by atomic mass is 9.66. The minimum atomic E-state index is 0.0684. The molecule has 0 bridgehead atoms. The van der Waals surface area contributed by atoms with E-state index < -0.39 is 0 Å². The van der Waals surface area contributed by atoms with Gasteiger partial charge in [0.05, 0.1) is 12.7 Å². The van der Waals surface area contributed by atoms with Gasteiger partial charge in [-0.15, -0.1) is 6.58 Å². The second kappa shape index (κ2) is 6.36. The topological polar surface area (TPSA) is 29.5 Å². The molecule has 0 aromatic heterocycles. The molecule has 1 saturated carbocycles. The maximum absolute atomic E-state index is 9.24. The fourth-order valence-corrected chi connectivity index (χ4v) is 3.26. The van der Waals surface area contributed by atoms with E-state index in [1.165, 1.54) is 0 Å². The summed E-state index contributed by atoms with van der Waals surface area (Å²) < 4.78 is 5.66. The second-order valence-corrected chi connectivity index (χ2v) is 5.32. The maximum atomic E-state index is 9.24. The number of aliphatic hydroxyl groups is 1. The Morgan fingerprint density at radius 3 is 2.65 bits per heavy atom. The zero-order valence-electron chi connectivity index (χ0n) is 11.4. The highest BCUT2D eigenvalue weighted by molar-refractivity contribution is 5.08. The Balaban J connectivity index is 2.80. The molecule has 0 aromatic carbocycles. The van der Waals surface area contributed by atoms with E-state index in [2.05, 4.69) is 27.0 Å². The van der Waals surface area contributed by atoms with E-state index in [1.54, 1.807) is 7.11 Å². The van der Waals surface area contributed by atoms with E-state index >= 15 is 0 Å². The summed E-state index contributed by atoms with van der Waals surface area (Å²) >= 11 is 0. The molecule has 0 saturated heterocycles. The highest BCUT2D eigenvalue weighted by Gasteiger charge is 2.39. The third kappa shape index (κ3) is 2.99. The van der Waals surface area contributed by atoms with Crippen LogP contribution in [0.3, 0.4) is 0 Å². The molecule has 0 spiro atoms. The van der Waals surface area contributed by atoms with Crippen molar-refractivity contribution in [2.24, 2.45) is 23.7 Å². The molecule has 1 rings (SSSR count).